The third kappa shape index (κ3) is 5.53. The Morgan fingerprint density at radius 2 is 1.76 bits per heavy atom. The third-order valence-corrected chi connectivity index (χ3v) is 4.44. The Balaban J connectivity index is 1.81. The van der Waals surface area contributed by atoms with E-state index in [2.05, 4.69) is 4.18 Å². The van der Waals surface area contributed by atoms with Crippen molar-refractivity contribution in [2.24, 2.45) is 0 Å². The van der Waals surface area contributed by atoms with Gasteiger partial charge in [-0.15, -0.1) is 0 Å². The van der Waals surface area contributed by atoms with Crippen LogP contribution in [0.3, 0.4) is 0 Å². The molecule has 0 amide bonds. The average Bonchev–Trinajstić information content (AvgIpc) is 2.53. The first-order valence-electron chi connectivity index (χ1n) is 7.40. The van der Waals surface area contributed by atoms with Crippen molar-refractivity contribution in [1.82, 2.24) is 0 Å². The fourth-order valence-electron chi connectivity index (χ4n) is 1.91. The second kappa shape index (κ2) is 8.06. The van der Waals surface area contributed by atoms with Crippen molar-refractivity contribution in [1.29, 1.82) is 0 Å². The van der Waals surface area contributed by atoms with E-state index in [0.717, 1.165) is 17.7 Å². The van der Waals surface area contributed by atoms with E-state index in [0.29, 0.717) is 6.07 Å². The van der Waals surface area contributed by atoms with Gasteiger partial charge < -0.3 is 8.92 Å². The monoisotopic (exact) mass is 370 g/mol. The van der Waals surface area contributed by atoms with E-state index in [4.69, 9.17) is 4.74 Å². The van der Waals surface area contributed by atoms with Crippen molar-refractivity contribution in [3.05, 3.63) is 59.7 Å². The highest BCUT2D eigenvalue weighted by Crippen LogP contribution is 2.18. The molecule has 0 aromatic heterocycles. The molecule has 0 heterocycles. The van der Waals surface area contributed by atoms with E-state index in [1.165, 1.54) is 12.1 Å². The van der Waals surface area contributed by atoms with E-state index >= 15 is 0 Å². The number of rotatable bonds is 7. The molecule has 134 valence electrons. The van der Waals surface area contributed by atoms with Gasteiger partial charge in [0.05, 0.1) is 6.61 Å². The van der Waals surface area contributed by atoms with Gasteiger partial charge in [0.2, 0.25) is 0 Å². The van der Waals surface area contributed by atoms with Gasteiger partial charge in [-0.1, -0.05) is 17.7 Å². The standard InChI is InChI=1S/C17H16F2O5S/c1-12-4-7-14(8-5-12)25(21,22)24-17(20)3-2-10-23-16-9-6-13(18)11-15(16)19/h4-9,11H,2-3,10H2,1H3. The molecular formula is C17H16F2O5S. The van der Waals surface area contributed by atoms with Crippen LogP contribution in [0, 0.1) is 18.6 Å². The molecule has 0 fully saturated rings. The molecule has 0 aliphatic rings. The van der Waals surface area contributed by atoms with Crippen molar-refractivity contribution >= 4 is 16.1 Å². The minimum Gasteiger partial charge on any atom is -0.491 e. The number of ether oxygens (including phenoxy) is 1. The lowest BCUT2D eigenvalue weighted by Crippen LogP contribution is -2.14. The second-order valence-electron chi connectivity index (χ2n) is 5.25. The largest absolute Gasteiger partial charge is 0.491 e. The third-order valence-electron chi connectivity index (χ3n) is 3.19. The van der Waals surface area contributed by atoms with Crippen LogP contribution in [0.4, 0.5) is 8.78 Å². The van der Waals surface area contributed by atoms with E-state index in [1.54, 1.807) is 19.1 Å². The fraction of sp³-hybridized carbons (Fsp3) is 0.235. The van der Waals surface area contributed by atoms with Gasteiger partial charge in [-0.05, 0) is 37.6 Å². The lowest BCUT2D eigenvalue weighted by molar-refractivity contribution is -0.134. The molecular weight excluding hydrogens is 354 g/mol. The second-order valence-corrected chi connectivity index (χ2v) is 6.80. The van der Waals surface area contributed by atoms with Crippen LogP contribution in [0.1, 0.15) is 18.4 Å². The molecule has 25 heavy (non-hydrogen) atoms. The number of carbonyl (C=O) groups excluding carboxylic acids is 1. The molecule has 2 aromatic carbocycles. The van der Waals surface area contributed by atoms with Gasteiger partial charge in [-0.2, -0.15) is 8.42 Å². The number of hydrogen-bond donors (Lipinski definition) is 0. The Labute approximate surface area is 144 Å². The molecule has 0 unspecified atom stereocenters. The van der Waals surface area contributed by atoms with Crippen LogP contribution in [0.25, 0.3) is 0 Å². The maximum atomic E-state index is 13.3. The number of hydrogen-bond acceptors (Lipinski definition) is 5. The maximum absolute atomic E-state index is 13.3. The molecule has 0 N–H and O–H groups in total. The number of halogens is 2. The first kappa shape index (κ1) is 18.9. The Kier molecular flexibility index (Phi) is 6.08. The minimum atomic E-state index is -4.17. The molecule has 0 radical (unpaired) electrons. The zero-order chi connectivity index (χ0) is 18.4. The van der Waals surface area contributed by atoms with Gasteiger partial charge in [0.15, 0.2) is 11.6 Å². The summed E-state index contributed by atoms with van der Waals surface area (Å²) in [5.74, 6) is -2.68. The van der Waals surface area contributed by atoms with Gasteiger partial charge in [0.1, 0.15) is 10.7 Å². The Bertz CT molecular complexity index is 848. The Hall–Kier alpha value is -2.48. The summed E-state index contributed by atoms with van der Waals surface area (Å²) in [6.45, 7) is 1.74. The molecule has 0 aliphatic carbocycles. The maximum Gasteiger partial charge on any atom is 0.341 e. The highest BCUT2D eigenvalue weighted by molar-refractivity contribution is 7.87. The van der Waals surface area contributed by atoms with Gasteiger partial charge in [-0.3, -0.25) is 4.79 Å². The van der Waals surface area contributed by atoms with Crippen molar-refractivity contribution in [2.75, 3.05) is 6.61 Å². The molecule has 0 spiro atoms. The fourth-order valence-corrected chi connectivity index (χ4v) is 2.80. The summed E-state index contributed by atoms with van der Waals surface area (Å²) < 4.78 is 59.5. The van der Waals surface area contributed by atoms with Crippen molar-refractivity contribution in [3.63, 3.8) is 0 Å². The molecule has 2 rings (SSSR count). The highest BCUT2D eigenvalue weighted by atomic mass is 32.2. The van der Waals surface area contributed by atoms with Gasteiger partial charge in [0, 0.05) is 12.5 Å². The molecule has 0 bridgehead atoms. The molecule has 2 aromatic rings. The highest BCUT2D eigenvalue weighted by Gasteiger charge is 2.19. The quantitative estimate of drug-likeness (QED) is 0.552. The molecule has 0 saturated heterocycles. The molecule has 0 saturated carbocycles. The number of carbonyl (C=O) groups is 1. The predicted octanol–water partition coefficient (Wildman–Crippen LogP) is 3.36. The summed E-state index contributed by atoms with van der Waals surface area (Å²) >= 11 is 0. The summed E-state index contributed by atoms with van der Waals surface area (Å²) in [6, 6.07) is 8.72. The number of benzene rings is 2. The lowest BCUT2D eigenvalue weighted by atomic mass is 10.2. The normalized spacial score (nSPS) is 11.2. The van der Waals surface area contributed by atoms with E-state index in [-0.39, 0.29) is 30.1 Å². The Morgan fingerprint density at radius 1 is 1.08 bits per heavy atom. The SMILES string of the molecule is Cc1ccc(S(=O)(=O)OC(=O)CCCOc2ccc(F)cc2F)cc1. The van der Waals surface area contributed by atoms with Crippen LogP contribution in [0.2, 0.25) is 0 Å². The van der Waals surface area contributed by atoms with Gasteiger partial charge >= 0.3 is 16.1 Å². The summed E-state index contributed by atoms with van der Waals surface area (Å²) in [7, 11) is -4.17. The van der Waals surface area contributed by atoms with E-state index < -0.39 is 27.7 Å². The first-order valence-corrected chi connectivity index (χ1v) is 8.80. The lowest BCUT2D eigenvalue weighted by Gasteiger charge is -2.08. The van der Waals surface area contributed by atoms with E-state index in [1.807, 2.05) is 0 Å². The van der Waals surface area contributed by atoms with Crippen LogP contribution in [0.5, 0.6) is 5.75 Å². The summed E-state index contributed by atoms with van der Waals surface area (Å²) in [4.78, 5) is 11.5. The average molecular weight is 370 g/mol. The van der Waals surface area contributed by atoms with Crippen LogP contribution >= 0.6 is 0 Å². The molecule has 0 atom stereocenters. The van der Waals surface area contributed by atoms with Gasteiger partial charge in [-0.25, -0.2) is 8.78 Å². The van der Waals surface area contributed by atoms with Crippen LogP contribution in [-0.4, -0.2) is 21.0 Å². The minimum absolute atomic E-state index is 0.0533. The topological polar surface area (TPSA) is 69.7 Å². The molecule has 5 nitrogen and oxygen atoms in total. The summed E-state index contributed by atoms with van der Waals surface area (Å²) in [5, 5.41) is 0. The van der Waals surface area contributed by atoms with Crippen LogP contribution < -0.4 is 4.74 Å². The zero-order valence-corrected chi connectivity index (χ0v) is 14.2. The van der Waals surface area contributed by atoms with Crippen molar-refractivity contribution in [2.45, 2.75) is 24.7 Å². The van der Waals surface area contributed by atoms with Crippen LogP contribution in [0.15, 0.2) is 47.4 Å². The van der Waals surface area contributed by atoms with Crippen molar-refractivity contribution in [3.8, 4) is 5.75 Å². The number of aryl methyl sites for hydroxylation is 1. The summed E-state index contributed by atoms with van der Waals surface area (Å²) in [5.41, 5.74) is 0.871. The van der Waals surface area contributed by atoms with Crippen molar-refractivity contribution < 1.29 is 30.9 Å². The Morgan fingerprint density at radius 3 is 2.40 bits per heavy atom. The predicted molar refractivity (Wildman–Crippen MR) is 85.5 cm³/mol. The summed E-state index contributed by atoms with van der Waals surface area (Å²) in [6.07, 6.45) is -0.118. The smallest absolute Gasteiger partial charge is 0.341 e. The zero-order valence-electron chi connectivity index (χ0n) is 13.4. The van der Waals surface area contributed by atoms with Gasteiger partial charge in [0.25, 0.3) is 0 Å². The van der Waals surface area contributed by atoms with Crippen LogP contribution in [-0.2, 0) is 19.1 Å². The molecule has 0 aliphatic heterocycles. The van der Waals surface area contributed by atoms with E-state index in [9.17, 15) is 22.0 Å². The first-order chi connectivity index (χ1) is 11.8. The molecule has 8 heteroatoms.